The Morgan fingerprint density at radius 3 is 2.10 bits per heavy atom. The monoisotopic (exact) mass is 415 g/mol. The van der Waals surface area contributed by atoms with E-state index in [4.69, 9.17) is 0 Å². The number of rotatable bonds is 19. The van der Waals surface area contributed by atoms with Crippen LogP contribution < -0.4 is 0 Å². The second-order valence-corrected chi connectivity index (χ2v) is 7.38. The van der Waals surface area contributed by atoms with Gasteiger partial charge in [-0.2, -0.15) is 0 Å². The first-order valence-electron chi connectivity index (χ1n) is 10.5. The maximum absolute atomic E-state index is 11.3. The molecule has 0 saturated heterocycles. The second kappa shape index (κ2) is 17.0. The van der Waals surface area contributed by atoms with Crippen LogP contribution in [0.1, 0.15) is 84.0 Å². The van der Waals surface area contributed by atoms with Gasteiger partial charge in [-0.05, 0) is 25.7 Å². The van der Waals surface area contributed by atoms with Gasteiger partial charge in [0.15, 0.2) is 6.29 Å². The summed E-state index contributed by atoms with van der Waals surface area (Å²) in [4.78, 5) is 31.5. The fourth-order valence-corrected chi connectivity index (χ4v) is 3.15. The third kappa shape index (κ3) is 13.1. The Kier molecular flexibility index (Phi) is 15.9. The Bertz CT molecular complexity index is 499. The van der Waals surface area contributed by atoms with Crippen LogP contribution in [0.15, 0.2) is 12.2 Å². The van der Waals surface area contributed by atoms with Gasteiger partial charge in [-0.25, -0.2) is 0 Å². The van der Waals surface area contributed by atoms with E-state index in [1.165, 1.54) is 0 Å². The maximum Gasteiger partial charge on any atom is 0.242 e. The molecule has 0 aliphatic heterocycles. The number of nitro groups is 2. The number of aliphatic hydroxyl groups is 2. The zero-order chi connectivity index (χ0) is 22.1. The summed E-state index contributed by atoms with van der Waals surface area (Å²) in [5.41, 5.74) is 0. The Morgan fingerprint density at radius 2 is 1.52 bits per heavy atom. The molecule has 0 rings (SSSR count). The molecular formula is C20H35N2O7. The molecule has 0 heterocycles. The second-order valence-electron chi connectivity index (χ2n) is 7.38. The highest BCUT2D eigenvalue weighted by Gasteiger charge is 2.36. The van der Waals surface area contributed by atoms with Gasteiger partial charge in [0, 0.05) is 35.5 Å². The molecule has 0 bridgehead atoms. The zero-order valence-electron chi connectivity index (χ0n) is 17.3. The molecule has 9 heteroatoms. The van der Waals surface area contributed by atoms with E-state index >= 15 is 0 Å². The van der Waals surface area contributed by atoms with Crippen LogP contribution in [0.2, 0.25) is 0 Å². The van der Waals surface area contributed by atoms with Crippen molar-refractivity contribution in [1.82, 2.24) is 0 Å². The van der Waals surface area contributed by atoms with Crippen molar-refractivity contribution in [3.63, 3.8) is 0 Å². The van der Waals surface area contributed by atoms with Gasteiger partial charge < -0.3 is 10.2 Å². The molecule has 2 N–H and O–H groups in total. The lowest BCUT2D eigenvalue weighted by molar-refractivity contribution is -0.543. The minimum atomic E-state index is -1.47. The van der Waals surface area contributed by atoms with Crippen LogP contribution in [0.5, 0.6) is 0 Å². The van der Waals surface area contributed by atoms with Gasteiger partial charge in [-0.1, -0.05) is 44.8 Å². The molecule has 29 heavy (non-hydrogen) atoms. The summed E-state index contributed by atoms with van der Waals surface area (Å²) in [6, 6.07) is -2.58. The van der Waals surface area contributed by atoms with Gasteiger partial charge in [-0.15, -0.1) is 0 Å². The van der Waals surface area contributed by atoms with Crippen molar-refractivity contribution in [2.45, 2.75) is 108 Å². The number of unbranched alkanes of at least 4 members (excludes halogenated alkanes) is 7. The summed E-state index contributed by atoms with van der Waals surface area (Å²) < 4.78 is 0. The smallest absolute Gasteiger partial charge is 0.242 e. The predicted molar refractivity (Wildman–Crippen MR) is 109 cm³/mol. The highest BCUT2D eigenvalue weighted by molar-refractivity contribution is 5.50. The molecule has 0 aliphatic rings. The standard InChI is InChI=1S/C20H35N2O7/c1-2-3-4-5-7-10-13-17(21(26)27)19(24)16-20(25)18(22(28)29)14-11-8-6-9-12-15-23/h7,10,17-20,24-25H,2-6,8-9,11-14,16H2,1H3/b10-7-. The van der Waals surface area contributed by atoms with Crippen LogP contribution in [-0.4, -0.2) is 50.6 Å². The lowest BCUT2D eigenvalue weighted by Gasteiger charge is -2.20. The fraction of sp³-hybridized carbons (Fsp3) is 0.850. The average Bonchev–Trinajstić information content (AvgIpc) is 2.65. The fourth-order valence-electron chi connectivity index (χ4n) is 3.15. The Balaban J connectivity index is 4.57. The van der Waals surface area contributed by atoms with Crippen LogP contribution >= 0.6 is 0 Å². The Hall–Kier alpha value is -1.87. The predicted octanol–water partition coefficient (Wildman–Crippen LogP) is 3.37. The van der Waals surface area contributed by atoms with Gasteiger partial charge >= 0.3 is 0 Å². The average molecular weight is 416 g/mol. The van der Waals surface area contributed by atoms with E-state index in [-0.39, 0.29) is 12.8 Å². The van der Waals surface area contributed by atoms with Gasteiger partial charge in [0.2, 0.25) is 12.1 Å². The van der Waals surface area contributed by atoms with E-state index < -0.39 is 40.6 Å². The quantitative estimate of drug-likeness (QED) is 0.142. The highest BCUT2D eigenvalue weighted by atomic mass is 16.6. The first-order chi connectivity index (χ1) is 13.8. The first kappa shape index (κ1) is 27.1. The lowest BCUT2D eigenvalue weighted by atomic mass is 9.95. The number of hydrogen-bond acceptors (Lipinski definition) is 7. The summed E-state index contributed by atoms with van der Waals surface area (Å²) in [6.45, 7) is 2.08. The van der Waals surface area contributed by atoms with Crippen molar-refractivity contribution in [1.29, 1.82) is 0 Å². The van der Waals surface area contributed by atoms with Crippen LogP contribution in [0, 0.1) is 20.2 Å². The largest absolute Gasteiger partial charge is 0.386 e. The van der Waals surface area contributed by atoms with Crippen molar-refractivity contribution in [2.24, 2.45) is 0 Å². The molecule has 0 fully saturated rings. The van der Waals surface area contributed by atoms with Crippen LogP contribution in [-0.2, 0) is 4.79 Å². The summed E-state index contributed by atoms with van der Waals surface area (Å²) >= 11 is 0. The first-order valence-corrected chi connectivity index (χ1v) is 10.5. The molecule has 0 aliphatic carbocycles. The van der Waals surface area contributed by atoms with E-state index in [9.17, 15) is 35.2 Å². The molecule has 0 saturated carbocycles. The van der Waals surface area contributed by atoms with Crippen molar-refractivity contribution in [3.8, 4) is 0 Å². The number of nitrogens with zero attached hydrogens (tertiary/aromatic N) is 2. The molecule has 0 amide bonds. The van der Waals surface area contributed by atoms with Gasteiger partial charge in [0.25, 0.3) is 0 Å². The zero-order valence-corrected chi connectivity index (χ0v) is 17.3. The molecule has 1 radical (unpaired) electrons. The molecule has 0 aromatic rings. The number of hydrogen-bond donors (Lipinski definition) is 2. The van der Waals surface area contributed by atoms with Crippen molar-refractivity contribution >= 4 is 6.29 Å². The van der Waals surface area contributed by atoms with E-state index in [2.05, 4.69) is 6.92 Å². The van der Waals surface area contributed by atoms with Crippen LogP contribution in [0.4, 0.5) is 0 Å². The number of allylic oxidation sites excluding steroid dienone is 1. The lowest BCUT2D eigenvalue weighted by Crippen LogP contribution is -2.41. The van der Waals surface area contributed by atoms with Crippen molar-refractivity contribution in [3.05, 3.63) is 32.4 Å². The summed E-state index contributed by atoms with van der Waals surface area (Å²) in [6.07, 6.45) is 8.97. The highest BCUT2D eigenvalue weighted by Crippen LogP contribution is 2.18. The van der Waals surface area contributed by atoms with Crippen molar-refractivity contribution in [2.75, 3.05) is 0 Å². The molecule has 0 spiro atoms. The molecule has 4 atom stereocenters. The number of aliphatic hydroxyl groups excluding tert-OH is 2. The molecule has 0 aromatic carbocycles. The van der Waals surface area contributed by atoms with E-state index in [0.29, 0.717) is 25.7 Å². The molecule has 167 valence electrons. The van der Waals surface area contributed by atoms with Crippen LogP contribution in [0.25, 0.3) is 0 Å². The minimum Gasteiger partial charge on any atom is -0.386 e. The Labute approximate surface area is 172 Å². The number of carbonyl (C=O) groups excluding carboxylic acids is 1. The van der Waals surface area contributed by atoms with Gasteiger partial charge in [0.1, 0.15) is 12.2 Å². The van der Waals surface area contributed by atoms with Crippen LogP contribution in [0.3, 0.4) is 0 Å². The van der Waals surface area contributed by atoms with Crippen molar-refractivity contribution < 1.29 is 24.9 Å². The Morgan fingerprint density at radius 1 is 0.897 bits per heavy atom. The SMILES string of the molecule is CCCCC/C=C\CC(C(O)CC(O)C(CCCCCC[C]=O)[N+](=O)[O-])[N+](=O)[O-]. The summed E-state index contributed by atoms with van der Waals surface area (Å²) in [5, 5.41) is 42.9. The maximum atomic E-state index is 11.3. The summed E-state index contributed by atoms with van der Waals surface area (Å²) in [7, 11) is 0. The van der Waals surface area contributed by atoms with Gasteiger partial charge in [0.05, 0.1) is 0 Å². The third-order valence-electron chi connectivity index (χ3n) is 4.96. The van der Waals surface area contributed by atoms with Gasteiger partial charge in [-0.3, -0.25) is 25.0 Å². The van der Waals surface area contributed by atoms with E-state index in [0.717, 1.165) is 32.1 Å². The minimum absolute atomic E-state index is 0.0178. The molecule has 9 nitrogen and oxygen atoms in total. The van der Waals surface area contributed by atoms with E-state index in [1.807, 2.05) is 6.08 Å². The molecular weight excluding hydrogens is 380 g/mol. The third-order valence-corrected chi connectivity index (χ3v) is 4.96. The topological polar surface area (TPSA) is 144 Å². The molecule has 0 aromatic heterocycles. The summed E-state index contributed by atoms with van der Waals surface area (Å²) in [5.74, 6) is 0. The van der Waals surface area contributed by atoms with E-state index in [1.54, 1.807) is 12.4 Å². The molecule has 4 unspecified atom stereocenters. The normalized spacial score (nSPS) is 15.7.